The van der Waals surface area contributed by atoms with Crippen LogP contribution in [0.4, 0.5) is 10.1 Å². The van der Waals surface area contributed by atoms with E-state index in [0.717, 1.165) is 30.6 Å². The Bertz CT molecular complexity index is 1360. The summed E-state index contributed by atoms with van der Waals surface area (Å²) >= 11 is 1.09. The van der Waals surface area contributed by atoms with E-state index in [2.05, 4.69) is 0 Å². The number of rotatable bonds is 4. The van der Waals surface area contributed by atoms with E-state index in [9.17, 15) is 15.2 Å². The molecule has 1 saturated heterocycles. The summed E-state index contributed by atoms with van der Waals surface area (Å²) in [4.78, 5) is 15.9. The SMILES string of the molecule is COc1c(N2CC[C@@H](C(C)(C)N)C2)c(F)cc2c(=O)c3c(O)c(C#N)sc3n(C3CC3)c12. The Morgan fingerprint density at radius 1 is 1.38 bits per heavy atom. The predicted molar refractivity (Wildman–Crippen MR) is 123 cm³/mol. The molecular formula is C23H25FN4O3S. The third-order valence-corrected chi connectivity index (χ3v) is 7.84. The van der Waals surface area contributed by atoms with Gasteiger partial charge in [0.05, 0.1) is 18.0 Å². The van der Waals surface area contributed by atoms with Gasteiger partial charge >= 0.3 is 0 Å². The third kappa shape index (κ3) is 2.97. The second-order valence-corrected chi connectivity index (χ2v) is 10.4. The zero-order valence-corrected chi connectivity index (χ0v) is 19.1. The van der Waals surface area contributed by atoms with E-state index >= 15 is 4.39 Å². The molecule has 1 aromatic carbocycles. The van der Waals surface area contributed by atoms with Crippen LogP contribution in [0.3, 0.4) is 0 Å². The highest BCUT2D eigenvalue weighted by Crippen LogP contribution is 2.49. The van der Waals surface area contributed by atoms with Crippen molar-refractivity contribution >= 4 is 38.1 Å². The number of methoxy groups -OCH3 is 1. The van der Waals surface area contributed by atoms with Gasteiger partial charge in [0, 0.05) is 24.7 Å². The molecule has 9 heteroatoms. The van der Waals surface area contributed by atoms with Crippen LogP contribution in [0.1, 0.15) is 44.0 Å². The summed E-state index contributed by atoms with van der Waals surface area (Å²) in [6.07, 6.45) is 2.64. The fraction of sp³-hybridized carbons (Fsp3) is 0.478. The maximum absolute atomic E-state index is 15.5. The monoisotopic (exact) mass is 456 g/mol. The first kappa shape index (κ1) is 21.0. The van der Waals surface area contributed by atoms with Gasteiger partial charge in [-0.1, -0.05) is 0 Å². The van der Waals surface area contributed by atoms with Crippen LogP contribution in [-0.4, -0.2) is 35.4 Å². The predicted octanol–water partition coefficient (Wildman–Crippen LogP) is 3.84. The van der Waals surface area contributed by atoms with Gasteiger partial charge in [-0.05, 0) is 45.1 Å². The molecule has 168 valence electrons. The van der Waals surface area contributed by atoms with Gasteiger partial charge in [-0.3, -0.25) is 4.79 Å². The van der Waals surface area contributed by atoms with Gasteiger partial charge < -0.3 is 25.0 Å². The molecule has 3 aromatic rings. The van der Waals surface area contributed by atoms with Crippen LogP contribution in [0, 0.1) is 23.1 Å². The zero-order chi connectivity index (χ0) is 22.9. The Labute approximate surface area is 188 Å². The van der Waals surface area contributed by atoms with Gasteiger partial charge in [0.25, 0.3) is 0 Å². The Hall–Kier alpha value is -2.83. The summed E-state index contributed by atoms with van der Waals surface area (Å²) in [5, 5.41) is 20.1. The van der Waals surface area contributed by atoms with Crippen molar-refractivity contribution in [1.29, 1.82) is 5.26 Å². The van der Waals surface area contributed by atoms with Crippen molar-refractivity contribution in [3.8, 4) is 17.6 Å². The minimum Gasteiger partial charge on any atom is -0.505 e. The average Bonchev–Trinajstić information content (AvgIpc) is 3.34. The molecule has 1 saturated carbocycles. The van der Waals surface area contributed by atoms with Gasteiger partial charge in [0.15, 0.2) is 17.3 Å². The number of nitrogens with two attached hydrogens (primary N) is 1. The Kier molecular flexibility index (Phi) is 4.66. The van der Waals surface area contributed by atoms with Crippen molar-refractivity contribution in [3.63, 3.8) is 0 Å². The maximum atomic E-state index is 15.5. The van der Waals surface area contributed by atoms with Gasteiger partial charge in [-0.25, -0.2) is 4.39 Å². The first-order chi connectivity index (χ1) is 15.2. The number of anilines is 1. The molecular weight excluding hydrogens is 431 g/mol. The third-order valence-electron chi connectivity index (χ3n) is 6.75. The fourth-order valence-corrected chi connectivity index (χ4v) is 5.92. The summed E-state index contributed by atoms with van der Waals surface area (Å²) in [5.74, 6) is -0.362. The number of aromatic nitrogens is 1. The van der Waals surface area contributed by atoms with Crippen LogP contribution in [0.15, 0.2) is 10.9 Å². The Morgan fingerprint density at radius 2 is 2.09 bits per heavy atom. The second-order valence-electron chi connectivity index (χ2n) is 9.39. The minimum absolute atomic E-state index is 0.0753. The van der Waals surface area contributed by atoms with E-state index in [-0.39, 0.29) is 38.9 Å². The number of nitriles is 1. The minimum atomic E-state index is -0.543. The van der Waals surface area contributed by atoms with Crippen LogP contribution in [-0.2, 0) is 0 Å². The molecule has 0 unspecified atom stereocenters. The Balaban J connectivity index is 1.84. The number of ether oxygens (including phenoxy) is 1. The van der Waals surface area contributed by atoms with E-state index in [0.29, 0.717) is 34.9 Å². The lowest BCUT2D eigenvalue weighted by molar-refractivity contribution is 0.348. The first-order valence-electron chi connectivity index (χ1n) is 10.7. The number of aromatic hydroxyl groups is 1. The van der Waals surface area contributed by atoms with Crippen LogP contribution >= 0.6 is 11.3 Å². The molecule has 0 spiro atoms. The smallest absolute Gasteiger partial charge is 0.202 e. The first-order valence-corrected chi connectivity index (χ1v) is 11.5. The molecule has 0 bridgehead atoms. The number of thiophene rings is 1. The molecule has 32 heavy (non-hydrogen) atoms. The molecule has 3 N–H and O–H groups in total. The molecule has 2 aromatic heterocycles. The summed E-state index contributed by atoms with van der Waals surface area (Å²) in [6, 6.07) is 3.31. The largest absolute Gasteiger partial charge is 0.505 e. The summed E-state index contributed by atoms with van der Waals surface area (Å²) < 4.78 is 23.3. The number of benzene rings is 1. The lowest BCUT2D eigenvalue weighted by Crippen LogP contribution is -2.42. The normalized spacial score (nSPS) is 19.1. The summed E-state index contributed by atoms with van der Waals surface area (Å²) in [7, 11) is 1.48. The van der Waals surface area contributed by atoms with Gasteiger partial charge in [0.2, 0.25) is 5.43 Å². The zero-order valence-electron chi connectivity index (χ0n) is 18.2. The van der Waals surface area contributed by atoms with Crippen LogP contribution in [0.2, 0.25) is 0 Å². The summed E-state index contributed by atoms with van der Waals surface area (Å²) in [5.41, 5.74) is 6.29. The lowest BCUT2D eigenvalue weighted by Gasteiger charge is -2.28. The molecule has 0 radical (unpaired) electrons. The molecule has 0 amide bonds. The standard InChI is InChI=1S/C23H25FN4O3S/c1-23(2,26)11-6-7-27(10-11)18-14(24)8-13-17(21(18)31-3)28(12-4-5-12)22-16(19(13)29)20(30)15(9-25)32-22/h8,11-12,30H,4-7,10,26H2,1-3H3/t11-/m1/s1. The van der Waals surface area contributed by atoms with Gasteiger partial charge in [0.1, 0.15) is 26.9 Å². The van der Waals surface area contributed by atoms with Gasteiger partial charge in [-0.15, -0.1) is 11.3 Å². The lowest BCUT2D eigenvalue weighted by atomic mass is 9.88. The number of hydrogen-bond donors (Lipinski definition) is 2. The van der Waals surface area contributed by atoms with E-state index in [4.69, 9.17) is 10.5 Å². The highest BCUT2D eigenvalue weighted by atomic mass is 32.1. The molecule has 2 aliphatic rings. The van der Waals surface area contributed by atoms with Gasteiger partial charge in [-0.2, -0.15) is 5.26 Å². The maximum Gasteiger partial charge on any atom is 0.202 e. The molecule has 5 rings (SSSR count). The molecule has 3 heterocycles. The number of pyridine rings is 1. The molecule has 7 nitrogen and oxygen atoms in total. The van der Waals surface area contributed by atoms with Crippen molar-refractivity contribution in [2.75, 3.05) is 25.1 Å². The quantitative estimate of drug-likeness (QED) is 0.618. The molecule has 1 aliphatic carbocycles. The summed E-state index contributed by atoms with van der Waals surface area (Å²) in [6.45, 7) is 5.19. The molecule has 1 atom stereocenters. The highest BCUT2D eigenvalue weighted by Gasteiger charge is 2.37. The van der Waals surface area contributed by atoms with Crippen molar-refractivity contribution in [2.45, 2.75) is 44.7 Å². The van der Waals surface area contributed by atoms with E-state index < -0.39 is 11.2 Å². The van der Waals surface area contributed by atoms with Crippen molar-refractivity contribution in [3.05, 3.63) is 27.0 Å². The second kappa shape index (κ2) is 7.09. The number of fused-ring (bicyclic) bond motifs is 2. The van der Waals surface area contributed by atoms with Crippen molar-refractivity contribution in [1.82, 2.24) is 4.57 Å². The number of halogens is 1. The average molecular weight is 457 g/mol. The van der Waals surface area contributed by atoms with E-state index in [1.165, 1.54) is 13.2 Å². The number of hydrogen-bond acceptors (Lipinski definition) is 7. The van der Waals surface area contributed by atoms with Crippen LogP contribution < -0.4 is 20.8 Å². The number of nitrogens with zero attached hydrogens (tertiary/aromatic N) is 3. The topological polar surface area (TPSA) is 105 Å². The molecule has 1 aliphatic heterocycles. The fourth-order valence-electron chi connectivity index (χ4n) is 4.86. The van der Waals surface area contributed by atoms with Crippen molar-refractivity contribution in [2.24, 2.45) is 11.7 Å². The van der Waals surface area contributed by atoms with Crippen molar-refractivity contribution < 1.29 is 14.2 Å². The molecule has 2 fully saturated rings. The Morgan fingerprint density at radius 3 is 2.66 bits per heavy atom. The van der Waals surface area contributed by atoms with Crippen LogP contribution in [0.25, 0.3) is 21.1 Å². The van der Waals surface area contributed by atoms with E-state index in [1.807, 2.05) is 29.4 Å². The van der Waals surface area contributed by atoms with Crippen LogP contribution in [0.5, 0.6) is 11.5 Å². The van der Waals surface area contributed by atoms with E-state index in [1.54, 1.807) is 0 Å². The highest BCUT2D eigenvalue weighted by molar-refractivity contribution is 7.19.